The van der Waals surface area contributed by atoms with E-state index in [0.717, 1.165) is 11.6 Å². The molecule has 0 bridgehead atoms. The van der Waals surface area contributed by atoms with E-state index in [1.165, 1.54) is 6.08 Å². The molecular weight excluding hydrogens is 256 g/mol. The summed E-state index contributed by atoms with van der Waals surface area (Å²) in [7, 11) is 1.54. The van der Waals surface area contributed by atoms with Gasteiger partial charge in [-0.15, -0.1) is 0 Å². The van der Waals surface area contributed by atoms with Crippen molar-refractivity contribution >= 4 is 12.0 Å². The van der Waals surface area contributed by atoms with Crippen LogP contribution in [0.1, 0.15) is 5.56 Å². The van der Waals surface area contributed by atoms with Gasteiger partial charge in [-0.05, 0) is 23.8 Å². The lowest BCUT2D eigenvalue weighted by Crippen LogP contribution is -2.38. The second-order valence-electron chi connectivity index (χ2n) is 3.84. The minimum absolute atomic E-state index is 0.649. The monoisotopic (exact) mass is 271 g/mol. The average molecular weight is 271 g/mol. The number of alkyl halides is 2. The molecule has 19 heavy (non-hydrogen) atoms. The third-order valence-electron chi connectivity index (χ3n) is 2.30. The van der Waals surface area contributed by atoms with Gasteiger partial charge in [-0.25, -0.2) is 8.78 Å². The normalized spacial score (nSPS) is 11.6. The van der Waals surface area contributed by atoms with Crippen LogP contribution in [-0.4, -0.2) is 37.2 Å². The fourth-order valence-electron chi connectivity index (χ4n) is 1.22. The maximum atomic E-state index is 12.7. The second kappa shape index (κ2) is 6.84. The Hall–Kier alpha value is -1.95. The fraction of sp³-hybridized carbons (Fsp3) is 0.308. The van der Waals surface area contributed by atoms with E-state index in [1.54, 1.807) is 31.4 Å². The van der Waals surface area contributed by atoms with Crippen LogP contribution in [0.5, 0.6) is 5.75 Å². The van der Waals surface area contributed by atoms with Crippen molar-refractivity contribution in [3.05, 3.63) is 35.9 Å². The molecule has 0 aliphatic carbocycles. The van der Waals surface area contributed by atoms with Gasteiger partial charge < -0.3 is 15.2 Å². The number of carbonyl (C=O) groups excluding carboxylic acids is 1. The zero-order chi connectivity index (χ0) is 14.3. The van der Waals surface area contributed by atoms with Gasteiger partial charge in [0.1, 0.15) is 12.4 Å². The lowest BCUT2D eigenvalue weighted by Gasteiger charge is -2.12. The highest BCUT2D eigenvalue weighted by molar-refractivity contribution is 5.91. The first kappa shape index (κ1) is 15.1. The third-order valence-corrected chi connectivity index (χ3v) is 2.30. The van der Waals surface area contributed by atoms with Crippen LogP contribution < -0.4 is 10.1 Å². The van der Waals surface area contributed by atoms with Gasteiger partial charge in [0, 0.05) is 6.08 Å². The number of nitrogens with one attached hydrogen (secondary N) is 1. The second-order valence-corrected chi connectivity index (χ2v) is 3.84. The molecule has 1 rings (SSSR count). The molecule has 4 nitrogen and oxygen atoms in total. The van der Waals surface area contributed by atoms with Crippen molar-refractivity contribution in [2.45, 2.75) is 5.92 Å². The Bertz CT molecular complexity index is 444. The number of aliphatic hydroxyl groups is 1. The lowest BCUT2D eigenvalue weighted by atomic mass is 10.2. The molecule has 0 heterocycles. The van der Waals surface area contributed by atoms with Crippen LogP contribution >= 0.6 is 0 Å². The number of hydrogen-bond donors (Lipinski definition) is 2. The summed E-state index contributed by atoms with van der Waals surface area (Å²) in [4.78, 5) is 11.3. The molecule has 0 fully saturated rings. The first-order valence-electron chi connectivity index (χ1n) is 5.55. The number of methoxy groups -OCH3 is 1. The average Bonchev–Trinajstić information content (AvgIpc) is 2.43. The number of carbonyl (C=O) groups is 1. The highest BCUT2D eigenvalue weighted by atomic mass is 19.3. The van der Waals surface area contributed by atoms with Crippen molar-refractivity contribution in [2.24, 2.45) is 0 Å². The van der Waals surface area contributed by atoms with Gasteiger partial charge in [0.25, 0.3) is 5.92 Å². The molecule has 104 valence electrons. The smallest absolute Gasteiger partial charge is 0.287 e. The molecule has 6 heteroatoms. The summed E-state index contributed by atoms with van der Waals surface area (Å²) in [5.74, 6) is -3.27. The van der Waals surface area contributed by atoms with E-state index in [-0.39, 0.29) is 0 Å². The predicted octanol–water partition coefficient (Wildman–Crippen LogP) is 1.45. The molecule has 1 aromatic carbocycles. The van der Waals surface area contributed by atoms with Crippen molar-refractivity contribution in [2.75, 3.05) is 20.3 Å². The number of rotatable bonds is 6. The third kappa shape index (κ3) is 5.48. The standard InChI is InChI=1S/C13H15F2NO3/c1-19-11-5-2-10(3-6-11)4-7-12(18)16-8-13(14,15)9-17/h2-7,17H,8-9H2,1H3,(H,16,18)/b7-4+. The number of ether oxygens (including phenoxy) is 1. The van der Waals surface area contributed by atoms with Crippen LogP contribution in [0.2, 0.25) is 0 Å². The summed E-state index contributed by atoms with van der Waals surface area (Å²) >= 11 is 0. The van der Waals surface area contributed by atoms with Crippen LogP contribution in [0, 0.1) is 0 Å². The Morgan fingerprint density at radius 2 is 2.05 bits per heavy atom. The molecule has 0 unspecified atom stereocenters. The summed E-state index contributed by atoms with van der Waals surface area (Å²) in [5.41, 5.74) is 0.741. The summed E-state index contributed by atoms with van der Waals surface area (Å²) in [6.07, 6.45) is 2.64. The summed E-state index contributed by atoms with van der Waals surface area (Å²) < 4.78 is 30.3. The zero-order valence-corrected chi connectivity index (χ0v) is 10.4. The van der Waals surface area contributed by atoms with E-state index in [1.807, 2.05) is 5.32 Å². The largest absolute Gasteiger partial charge is 0.497 e. The zero-order valence-electron chi connectivity index (χ0n) is 10.4. The molecule has 2 N–H and O–H groups in total. The van der Waals surface area contributed by atoms with E-state index in [0.29, 0.717) is 5.75 Å². The van der Waals surface area contributed by atoms with Crippen molar-refractivity contribution in [3.8, 4) is 5.75 Å². The molecular formula is C13H15F2NO3. The fourth-order valence-corrected chi connectivity index (χ4v) is 1.22. The molecule has 0 radical (unpaired) electrons. The number of hydrogen-bond acceptors (Lipinski definition) is 3. The Morgan fingerprint density at radius 3 is 2.58 bits per heavy atom. The Balaban J connectivity index is 2.49. The number of amides is 1. The van der Waals surface area contributed by atoms with Crippen LogP contribution in [0.25, 0.3) is 6.08 Å². The SMILES string of the molecule is COc1ccc(/C=C/C(=O)NCC(F)(F)CO)cc1. The first-order valence-corrected chi connectivity index (χ1v) is 5.55. The molecule has 0 atom stereocenters. The van der Waals surface area contributed by atoms with Crippen molar-refractivity contribution < 1.29 is 23.4 Å². The van der Waals surface area contributed by atoms with Crippen LogP contribution in [0.4, 0.5) is 8.78 Å². The Morgan fingerprint density at radius 1 is 1.42 bits per heavy atom. The van der Waals surface area contributed by atoms with Gasteiger partial charge in [-0.2, -0.15) is 0 Å². The Kier molecular flexibility index (Phi) is 5.44. The maximum Gasteiger partial charge on any atom is 0.287 e. The number of aliphatic hydroxyl groups excluding tert-OH is 1. The van der Waals surface area contributed by atoms with Crippen LogP contribution in [0.15, 0.2) is 30.3 Å². The van der Waals surface area contributed by atoms with Gasteiger partial charge >= 0.3 is 0 Å². The predicted molar refractivity (Wildman–Crippen MR) is 67.1 cm³/mol. The molecule has 0 spiro atoms. The van der Waals surface area contributed by atoms with Gasteiger partial charge in [0.2, 0.25) is 5.91 Å². The topological polar surface area (TPSA) is 58.6 Å². The van der Waals surface area contributed by atoms with Gasteiger partial charge in [0.05, 0.1) is 13.7 Å². The molecule has 0 saturated carbocycles. The molecule has 0 saturated heterocycles. The molecule has 0 aromatic heterocycles. The van der Waals surface area contributed by atoms with Crippen LogP contribution in [-0.2, 0) is 4.79 Å². The molecule has 0 aliphatic rings. The quantitative estimate of drug-likeness (QED) is 0.770. The summed E-state index contributed by atoms with van der Waals surface area (Å²) in [5, 5.41) is 10.3. The van der Waals surface area contributed by atoms with Gasteiger partial charge in [-0.1, -0.05) is 12.1 Å². The van der Waals surface area contributed by atoms with Crippen LogP contribution in [0.3, 0.4) is 0 Å². The van der Waals surface area contributed by atoms with E-state index in [9.17, 15) is 13.6 Å². The van der Waals surface area contributed by atoms with Crippen molar-refractivity contribution in [1.29, 1.82) is 0 Å². The number of benzene rings is 1. The lowest BCUT2D eigenvalue weighted by molar-refractivity contribution is -0.119. The summed E-state index contributed by atoms with van der Waals surface area (Å²) in [6, 6.07) is 6.89. The van der Waals surface area contributed by atoms with E-state index in [2.05, 4.69) is 0 Å². The highest BCUT2D eigenvalue weighted by Gasteiger charge is 2.27. The van der Waals surface area contributed by atoms with Gasteiger partial charge in [-0.3, -0.25) is 4.79 Å². The van der Waals surface area contributed by atoms with Crippen molar-refractivity contribution in [1.82, 2.24) is 5.32 Å². The molecule has 0 aliphatic heterocycles. The van der Waals surface area contributed by atoms with E-state index < -0.39 is 25.0 Å². The number of halogens is 2. The summed E-state index contributed by atoms with van der Waals surface area (Å²) in [6.45, 7) is -2.19. The van der Waals surface area contributed by atoms with E-state index >= 15 is 0 Å². The highest BCUT2D eigenvalue weighted by Crippen LogP contribution is 2.12. The van der Waals surface area contributed by atoms with Gasteiger partial charge in [0.15, 0.2) is 0 Å². The first-order chi connectivity index (χ1) is 8.96. The molecule has 1 amide bonds. The minimum Gasteiger partial charge on any atom is -0.497 e. The van der Waals surface area contributed by atoms with E-state index in [4.69, 9.17) is 9.84 Å². The Labute approximate surface area is 109 Å². The maximum absolute atomic E-state index is 12.7. The van der Waals surface area contributed by atoms with Crippen molar-refractivity contribution in [3.63, 3.8) is 0 Å². The minimum atomic E-state index is -3.30. The molecule has 1 aromatic rings.